The normalized spacial score (nSPS) is 20.4. The standard InChI is InChI=1S/C14H28N2O2S/c1-12(2)11-19-10-4-6-15-14(17)16-7-9-18-8-5-13(16)3/h12-13H,4-11H2,1-3H3,(H,15,17). The SMILES string of the molecule is CC(C)CSCCCNC(=O)N1CCOCCC1C. The van der Waals surface area contributed by atoms with Crippen molar-refractivity contribution in [3.05, 3.63) is 0 Å². The van der Waals surface area contributed by atoms with Gasteiger partial charge < -0.3 is 15.0 Å². The van der Waals surface area contributed by atoms with Crippen LogP contribution >= 0.6 is 11.8 Å². The number of nitrogens with one attached hydrogen (secondary N) is 1. The van der Waals surface area contributed by atoms with E-state index in [1.165, 1.54) is 5.75 Å². The maximum atomic E-state index is 12.1. The Morgan fingerprint density at radius 2 is 2.26 bits per heavy atom. The Bertz CT molecular complexity index is 262. The fourth-order valence-corrected chi connectivity index (χ4v) is 2.97. The van der Waals surface area contributed by atoms with Crippen LogP contribution < -0.4 is 5.32 Å². The Balaban J connectivity index is 2.12. The van der Waals surface area contributed by atoms with Crippen LogP contribution in [-0.4, -0.2) is 54.8 Å². The van der Waals surface area contributed by atoms with E-state index in [1.807, 2.05) is 16.7 Å². The Hall–Kier alpha value is -0.420. The van der Waals surface area contributed by atoms with Crippen LogP contribution in [0.1, 0.15) is 33.6 Å². The summed E-state index contributed by atoms with van der Waals surface area (Å²) < 4.78 is 5.40. The Morgan fingerprint density at radius 1 is 1.47 bits per heavy atom. The molecule has 0 radical (unpaired) electrons. The minimum absolute atomic E-state index is 0.0619. The lowest BCUT2D eigenvalue weighted by Gasteiger charge is -2.26. The van der Waals surface area contributed by atoms with Crippen LogP contribution in [0.15, 0.2) is 0 Å². The monoisotopic (exact) mass is 288 g/mol. The largest absolute Gasteiger partial charge is 0.380 e. The van der Waals surface area contributed by atoms with Gasteiger partial charge >= 0.3 is 6.03 Å². The van der Waals surface area contributed by atoms with E-state index in [2.05, 4.69) is 26.1 Å². The van der Waals surface area contributed by atoms with Gasteiger partial charge in [0.15, 0.2) is 0 Å². The molecule has 2 amide bonds. The van der Waals surface area contributed by atoms with Gasteiger partial charge in [-0.3, -0.25) is 0 Å². The highest BCUT2D eigenvalue weighted by Gasteiger charge is 2.21. The number of hydrogen-bond acceptors (Lipinski definition) is 3. The number of rotatable bonds is 6. The van der Waals surface area contributed by atoms with Gasteiger partial charge in [0.2, 0.25) is 0 Å². The molecule has 1 unspecified atom stereocenters. The summed E-state index contributed by atoms with van der Waals surface area (Å²) in [5, 5.41) is 3.02. The molecule has 19 heavy (non-hydrogen) atoms. The zero-order valence-corrected chi connectivity index (χ0v) is 13.3. The molecule has 1 rings (SSSR count). The topological polar surface area (TPSA) is 41.6 Å². The van der Waals surface area contributed by atoms with E-state index in [0.29, 0.717) is 13.2 Å². The first-order chi connectivity index (χ1) is 9.11. The number of ether oxygens (including phenoxy) is 1. The van der Waals surface area contributed by atoms with Gasteiger partial charge in [-0.05, 0) is 37.2 Å². The third-order valence-corrected chi connectivity index (χ3v) is 4.62. The molecule has 0 aromatic heterocycles. The smallest absolute Gasteiger partial charge is 0.317 e. The maximum Gasteiger partial charge on any atom is 0.317 e. The Labute approximate surface area is 121 Å². The van der Waals surface area contributed by atoms with E-state index < -0.39 is 0 Å². The van der Waals surface area contributed by atoms with E-state index in [0.717, 1.165) is 37.7 Å². The number of carbonyl (C=O) groups is 1. The summed E-state index contributed by atoms with van der Waals surface area (Å²) in [7, 11) is 0. The number of hydrogen-bond donors (Lipinski definition) is 1. The molecule has 1 aliphatic rings. The maximum absolute atomic E-state index is 12.1. The Morgan fingerprint density at radius 3 is 3.00 bits per heavy atom. The van der Waals surface area contributed by atoms with Crippen molar-refractivity contribution >= 4 is 17.8 Å². The van der Waals surface area contributed by atoms with Crippen molar-refractivity contribution in [2.45, 2.75) is 39.7 Å². The van der Waals surface area contributed by atoms with Gasteiger partial charge in [0.25, 0.3) is 0 Å². The molecule has 1 atom stereocenters. The second-order valence-corrected chi connectivity index (χ2v) is 6.65. The average molecular weight is 288 g/mol. The summed E-state index contributed by atoms with van der Waals surface area (Å²) in [5.41, 5.74) is 0. The molecule has 4 nitrogen and oxygen atoms in total. The molecular formula is C14H28N2O2S. The first-order valence-electron chi connectivity index (χ1n) is 7.31. The Kier molecular flexibility index (Phi) is 8.30. The number of amides is 2. The van der Waals surface area contributed by atoms with Crippen LogP contribution in [0.25, 0.3) is 0 Å². The highest BCUT2D eigenvalue weighted by molar-refractivity contribution is 7.99. The van der Waals surface area contributed by atoms with Crippen molar-refractivity contribution in [3.63, 3.8) is 0 Å². The number of thioether (sulfide) groups is 1. The lowest BCUT2D eigenvalue weighted by molar-refractivity contribution is 0.142. The second kappa shape index (κ2) is 9.48. The van der Waals surface area contributed by atoms with Gasteiger partial charge in [-0.1, -0.05) is 13.8 Å². The van der Waals surface area contributed by atoms with E-state index in [-0.39, 0.29) is 12.1 Å². The van der Waals surface area contributed by atoms with Crippen LogP contribution in [0.2, 0.25) is 0 Å². The summed E-state index contributed by atoms with van der Waals surface area (Å²) in [6.45, 7) is 9.45. The minimum atomic E-state index is 0.0619. The van der Waals surface area contributed by atoms with E-state index in [4.69, 9.17) is 4.74 Å². The highest BCUT2D eigenvalue weighted by Crippen LogP contribution is 2.10. The molecule has 1 N–H and O–H groups in total. The fourth-order valence-electron chi connectivity index (χ4n) is 1.99. The fraction of sp³-hybridized carbons (Fsp3) is 0.929. The molecule has 0 bridgehead atoms. The predicted molar refractivity (Wildman–Crippen MR) is 81.8 cm³/mol. The lowest BCUT2D eigenvalue weighted by Crippen LogP contribution is -2.45. The first kappa shape index (κ1) is 16.6. The molecule has 1 fully saturated rings. The number of carbonyl (C=O) groups excluding carboxylic acids is 1. The number of urea groups is 1. The van der Waals surface area contributed by atoms with Gasteiger partial charge in [0.05, 0.1) is 6.61 Å². The molecular weight excluding hydrogens is 260 g/mol. The van der Waals surface area contributed by atoms with Crippen molar-refractivity contribution in [3.8, 4) is 0 Å². The van der Waals surface area contributed by atoms with Gasteiger partial charge in [-0.25, -0.2) is 4.79 Å². The lowest BCUT2D eigenvalue weighted by atomic mass is 10.2. The first-order valence-corrected chi connectivity index (χ1v) is 8.46. The molecule has 0 saturated carbocycles. The van der Waals surface area contributed by atoms with Crippen LogP contribution in [0.3, 0.4) is 0 Å². The van der Waals surface area contributed by atoms with Gasteiger partial charge in [0.1, 0.15) is 0 Å². The predicted octanol–water partition coefficient (Wildman–Crippen LogP) is 2.59. The third kappa shape index (κ3) is 7.06. The molecule has 1 aliphatic heterocycles. The van der Waals surface area contributed by atoms with Gasteiger partial charge in [-0.15, -0.1) is 0 Å². The molecule has 1 heterocycles. The van der Waals surface area contributed by atoms with Crippen molar-refractivity contribution in [1.82, 2.24) is 10.2 Å². The highest BCUT2D eigenvalue weighted by atomic mass is 32.2. The molecule has 0 spiro atoms. The average Bonchev–Trinajstić information content (AvgIpc) is 2.57. The zero-order valence-electron chi connectivity index (χ0n) is 12.5. The van der Waals surface area contributed by atoms with E-state index in [1.54, 1.807) is 0 Å². The molecule has 112 valence electrons. The summed E-state index contributed by atoms with van der Waals surface area (Å²) in [4.78, 5) is 14.0. The molecule has 0 aliphatic carbocycles. The second-order valence-electron chi connectivity index (χ2n) is 5.50. The van der Waals surface area contributed by atoms with Crippen LogP contribution in [0, 0.1) is 5.92 Å². The van der Waals surface area contributed by atoms with E-state index >= 15 is 0 Å². The summed E-state index contributed by atoms with van der Waals surface area (Å²) in [6.07, 6.45) is 1.97. The zero-order chi connectivity index (χ0) is 14.1. The number of nitrogens with zero attached hydrogens (tertiary/aromatic N) is 1. The van der Waals surface area contributed by atoms with Crippen LogP contribution in [0.5, 0.6) is 0 Å². The van der Waals surface area contributed by atoms with Crippen molar-refractivity contribution in [1.29, 1.82) is 0 Å². The third-order valence-electron chi connectivity index (χ3n) is 3.14. The molecule has 0 aromatic rings. The quantitative estimate of drug-likeness (QED) is 0.764. The van der Waals surface area contributed by atoms with Crippen LogP contribution in [-0.2, 0) is 4.74 Å². The van der Waals surface area contributed by atoms with Gasteiger partial charge in [0, 0.05) is 25.7 Å². The van der Waals surface area contributed by atoms with Crippen molar-refractivity contribution < 1.29 is 9.53 Å². The van der Waals surface area contributed by atoms with Crippen molar-refractivity contribution in [2.24, 2.45) is 5.92 Å². The molecule has 0 aromatic carbocycles. The minimum Gasteiger partial charge on any atom is -0.380 e. The van der Waals surface area contributed by atoms with Crippen molar-refractivity contribution in [2.75, 3.05) is 37.8 Å². The van der Waals surface area contributed by atoms with Crippen LogP contribution in [0.4, 0.5) is 4.79 Å². The molecule has 5 heteroatoms. The summed E-state index contributed by atoms with van der Waals surface area (Å²) in [6, 6.07) is 0.338. The summed E-state index contributed by atoms with van der Waals surface area (Å²) in [5.74, 6) is 3.07. The molecule has 1 saturated heterocycles. The summed E-state index contributed by atoms with van der Waals surface area (Å²) >= 11 is 1.97. The van der Waals surface area contributed by atoms with E-state index in [9.17, 15) is 4.79 Å². The van der Waals surface area contributed by atoms with Gasteiger partial charge in [-0.2, -0.15) is 11.8 Å².